The molecule has 0 aliphatic carbocycles. The van der Waals surface area contributed by atoms with Gasteiger partial charge in [-0.2, -0.15) is 0 Å². The Bertz CT molecular complexity index is 523. The lowest BCUT2D eigenvalue weighted by molar-refractivity contribution is 0.546. The molecule has 1 atom stereocenters. The van der Waals surface area contributed by atoms with Crippen LogP contribution in [0.4, 0.5) is 0 Å². The summed E-state index contributed by atoms with van der Waals surface area (Å²) in [5.74, 6) is 6.48. The molecule has 0 fully saturated rings. The molecular formula is C11H14Cl2N4S. The van der Waals surface area contributed by atoms with Crippen LogP contribution in [0.2, 0.25) is 8.67 Å². The maximum atomic E-state index is 6.17. The Balaban J connectivity index is 2.39. The molecule has 2 aromatic rings. The Hall–Kier alpha value is -0.590. The van der Waals surface area contributed by atoms with Crippen molar-refractivity contribution in [1.29, 1.82) is 0 Å². The Morgan fingerprint density at radius 1 is 1.56 bits per heavy atom. The fraction of sp³-hybridized carbons (Fsp3) is 0.364. The molecule has 1 unspecified atom stereocenters. The van der Waals surface area contributed by atoms with Gasteiger partial charge in [0.1, 0.15) is 11.9 Å². The van der Waals surface area contributed by atoms with Crippen LogP contribution in [-0.2, 0) is 6.54 Å². The largest absolute Gasteiger partial charge is 0.333 e. The molecule has 2 heterocycles. The summed E-state index contributed by atoms with van der Waals surface area (Å²) in [7, 11) is 0. The van der Waals surface area contributed by atoms with Gasteiger partial charge in [0.25, 0.3) is 0 Å². The number of halogens is 2. The number of thiophene rings is 1. The number of nitrogens with zero attached hydrogens (tertiary/aromatic N) is 2. The summed E-state index contributed by atoms with van der Waals surface area (Å²) in [6.45, 7) is 3.01. The van der Waals surface area contributed by atoms with Crippen molar-refractivity contribution >= 4 is 34.5 Å². The number of aryl methyl sites for hydroxylation is 1. The van der Waals surface area contributed by atoms with Gasteiger partial charge in [-0.1, -0.05) is 30.1 Å². The number of hydrogen-bond donors (Lipinski definition) is 2. The molecule has 0 saturated heterocycles. The first-order valence-corrected chi connectivity index (χ1v) is 7.16. The van der Waals surface area contributed by atoms with E-state index in [4.69, 9.17) is 29.0 Å². The molecule has 0 aromatic carbocycles. The van der Waals surface area contributed by atoms with Gasteiger partial charge in [0.05, 0.1) is 8.67 Å². The third-order valence-electron chi connectivity index (χ3n) is 2.63. The Labute approximate surface area is 120 Å². The monoisotopic (exact) mass is 304 g/mol. The van der Waals surface area contributed by atoms with Crippen molar-refractivity contribution in [3.8, 4) is 0 Å². The summed E-state index contributed by atoms with van der Waals surface area (Å²) in [4.78, 5) is 4.36. The minimum absolute atomic E-state index is 0.247. The zero-order valence-corrected chi connectivity index (χ0v) is 12.2. The van der Waals surface area contributed by atoms with Crippen LogP contribution in [0.5, 0.6) is 0 Å². The van der Waals surface area contributed by atoms with Crippen LogP contribution >= 0.6 is 34.5 Å². The molecule has 0 saturated carbocycles. The van der Waals surface area contributed by atoms with E-state index in [2.05, 4.69) is 21.9 Å². The van der Waals surface area contributed by atoms with Gasteiger partial charge < -0.3 is 4.57 Å². The van der Waals surface area contributed by atoms with Crippen LogP contribution in [0.1, 0.15) is 30.8 Å². The minimum atomic E-state index is -0.247. The average Bonchev–Trinajstić information content (AvgIpc) is 2.89. The second-order valence-corrected chi connectivity index (χ2v) is 6.14. The van der Waals surface area contributed by atoms with E-state index in [9.17, 15) is 0 Å². The predicted molar refractivity (Wildman–Crippen MR) is 76.0 cm³/mol. The van der Waals surface area contributed by atoms with E-state index in [1.807, 2.05) is 12.3 Å². The van der Waals surface area contributed by atoms with Crippen LogP contribution in [0.15, 0.2) is 18.5 Å². The van der Waals surface area contributed by atoms with Crippen molar-refractivity contribution in [2.75, 3.05) is 0 Å². The van der Waals surface area contributed by atoms with Crippen molar-refractivity contribution in [3.63, 3.8) is 0 Å². The molecule has 0 bridgehead atoms. The molecule has 2 aromatic heterocycles. The predicted octanol–water partition coefficient (Wildman–Crippen LogP) is 3.21. The van der Waals surface area contributed by atoms with Gasteiger partial charge in [0.2, 0.25) is 0 Å². The summed E-state index contributed by atoms with van der Waals surface area (Å²) in [5.41, 5.74) is 3.61. The Morgan fingerprint density at radius 2 is 2.33 bits per heavy atom. The van der Waals surface area contributed by atoms with Crippen LogP contribution in [0.25, 0.3) is 0 Å². The molecule has 0 aliphatic rings. The van der Waals surface area contributed by atoms with Crippen molar-refractivity contribution in [2.24, 2.45) is 5.84 Å². The number of nitrogens with two attached hydrogens (primary N) is 1. The first-order valence-electron chi connectivity index (χ1n) is 5.59. The molecule has 4 nitrogen and oxygen atoms in total. The molecule has 0 amide bonds. The average molecular weight is 305 g/mol. The molecule has 7 heteroatoms. The normalized spacial score (nSPS) is 12.9. The van der Waals surface area contributed by atoms with Gasteiger partial charge in [-0.3, -0.25) is 5.84 Å². The second-order valence-electron chi connectivity index (χ2n) is 3.86. The zero-order valence-electron chi connectivity index (χ0n) is 9.86. The van der Waals surface area contributed by atoms with Gasteiger partial charge in [0.15, 0.2) is 0 Å². The van der Waals surface area contributed by atoms with E-state index in [1.165, 1.54) is 11.3 Å². The number of hydrazine groups is 1. The third kappa shape index (κ3) is 2.70. The summed E-state index contributed by atoms with van der Waals surface area (Å²) in [6, 6.07) is 1.58. The molecule has 0 spiro atoms. The highest BCUT2D eigenvalue weighted by atomic mass is 35.5. The van der Waals surface area contributed by atoms with E-state index in [0.29, 0.717) is 8.67 Å². The van der Waals surface area contributed by atoms with Crippen LogP contribution < -0.4 is 11.3 Å². The smallest absolute Gasteiger partial charge is 0.131 e. The van der Waals surface area contributed by atoms with E-state index < -0.39 is 0 Å². The van der Waals surface area contributed by atoms with Crippen molar-refractivity contribution in [2.45, 2.75) is 25.9 Å². The van der Waals surface area contributed by atoms with Gasteiger partial charge in [-0.15, -0.1) is 11.3 Å². The Kier molecular flexibility index (Phi) is 4.64. The molecule has 0 radical (unpaired) electrons. The summed E-state index contributed by atoms with van der Waals surface area (Å²) in [6.07, 6.45) is 4.72. The maximum absolute atomic E-state index is 6.17. The number of aromatic nitrogens is 2. The lowest BCUT2D eigenvalue weighted by Crippen LogP contribution is -2.31. The van der Waals surface area contributed by atoms with Crippen molar-refractivity contribution < 1.29 is 0 Å². The van der Waals surface area contributed by atoms with Crippen LogP contribution in [0.3, 0.4) is 0 Å². The maximum Gasteiger partial charge on any atom is 0.131 e. The van der Waals surface area contributed by atoms with Gasteiger partial charge in [0, 0.05) is 24.5 Å². The quantitative estimate of drug-likeness (QED) is 0.659. The Morgan fingerprint density at radius 3 is 2.89 bits per heavy atom. The summed E-state index contributed by atoms with van der Waals surface area (Å²) < 4.78 is 3.34. The third-order valence-corrected chi connectivity index (χ3v) is 4.15. The van der Waals surface area contributed by atoms with Gasteiger partial charge >= 0.3 is 0 Å². The number of imidazole rings is 1. The SMILES string of the molecule is CCCn1ccnc1C(NN)c1cc(Cl)sc1Cl. The number of rotatable bonds is 5. The highest BCUT2D eigenvalue weighted by Crippen LogP contribution is 2.36. The van der Waals surface area contributed by atoms with Crippen molar-refractivity contribution in [3.05, 3.63) is 38.5 Å². The standard InChI is InChI=1S/C11H14Cl2N4S/c1-2-4-17-5-3-15-11(17)9(16-14)7-6-8(12)18-10(7)13/h3,5-6,9,16H,2,4,14H2,1H3. The molecule has 18 heavy (non-hydrogen) atoms. The molecule has 3 N–H and O–H groups in total. The fourth-order valence-electron chi connectivity index (χ4n) is 1.86. The van der Waals surface area contributed by atoms with Crippen LogP contribution in [0, 0.1) is 0 Å². The van der Waals surface area contributed by atoms with E-state index in [0.717, 1.165) is 24.4 Å². The first-order chi connectivity index (χ1) is 8.67. The number of hydrogen-bond acceptors (Lipinski definition) is 4. The zero-order chi connectivity index (χ0) is 13.1. The van der Waals surface area contributed by atoms with E-state index in [-0.39, 0.29) is 6.04 Å². The summed E-state index contributed by atoms with van der Waals surface area (Å²) in [5, 5.41) is 0. The fourth-order valence-corrected chi connectivity index (χ4v) is 3.40. The second kappa shape index (κ2) is 6.04. The van der Waals surface area contributed by atoms with Gasteiger partial charge in [-0.05, 0) is 12.5 Å². The molecule has 2 rings (SSSR count). The minimum Gasteiger partial charge on any atom is -0.333 e. The number of nitrogens with one attached hydrogen (secondary N) is 1. The van der Waals surface area contributed by atoms with E-state index >= 15 is 0 Å². The lowest BCUT2D eigenvalue weighted by atomic mass is 10.1. The van der Waals surface area contributed by atoms with Gasteiger partial charge in [-0.25, -0.2) is 10.4 Å². The first kappa shape index (κ1) is 13.8. The highest BCUT2D eigenvalue weighted by molar-refractivity contribution is 7.20. The summed E-state index contributed by atoms with van der Waals surface area (Å²) >= 11 is 13.5. The van der Waals surface area contributed by atoms with Crippen LogP contribution in [-0.4, -0.2) is 9.55 Å². The molecule has 98 valence electrons. The topological polar surface area (TPSA) is 55.9 Å². The van der Waals surface area contributed by atoms with E-state index in [1.54, 1.807) is 6.20 Å². The lowest BCUT2D eigenvalue weighted by Gasteiger charge is -2.16. The molecular weight excluding hydrogens is 291 g/mol. The highest BCUT2D eigenvalue weighted by Gasteiger charge is 2.22. The molecule has 0 aliphatic heterocycles. The van der Waals surface area contributed by atoms with Crippen molar-refractivity contribution in [1.82, 2.24) is 15.0 Å².